The van der Waals surface area contributed by atoms with Crippen molar-refractivity contribution >= 4 is 28.5 Å². The molecule has 1 aliphatic rings. The van der Waals surface area contributed by atoms with Gasteiger partial charge in [-0.3, -0.25) is 4.99 Å². The molecule has 1 atom stereocenters. The van der Waals surface area contributed by atoms with E-state index in [-0.39, 0.29) is 11.6 Å². The summed E-state index contributed by atoms with van der Waals surface area (Å²) in [6.07, 6.45) is 0. The molecule has 2 nitrogen and oxygen atoms in total. The van der Waals surface area contributed by atoms with Gasteiger partial charge in [-0.2, -0.15) is 0 Å². The quantitative estimate of drug-likeness (QED) is 0.881. The molecule has 4 heteroatoms. The fourth-order valence-electron chi connectivity index (χ4n) is 1.70. The van der Waals surface area contributed by atoms with Crippen LogP contribution in [0.25, 0.3) is 0 Å². The van der Waals surface area contributed by atoms with Gasteiger partial charge in [0.1, 0.15) is 0 Å². The van der Waals surface area contributed by atoms with Gasteiger partial charge < -0.3 is 5.32 Å². The molecule has 2 rings (SSSR count). The number of amidine groups is 1. The summed E-state index contributed by atoms with van der Waals surface area (Å²) < 4.78 is 0. The summed E-state index contributed by atoms with van der Waals surface area (Å²) in [6.45, 7) is 6.46. The number of aliphatic imine (C=N–C) groups is 1. The molecule has 17 heavy (non-hydrogen) atoms. The Bertz CT molecular complexity index is 443. The number of nitrogens with one attached hydrogen (secondary N) is 1. The van der Waals surface area contributed by atoms with Crippen molar-refractivity contribution in [1.82, 2.24) is 5.32 Å². The summed E-state index contributed by atoms with van der Waals surface area (Å²) in [7, 11) is 0. The largest absolute Gasteiger partial charge is 0.359 e. The Kier molecular flexibility index (Phi) is 3.69. The SMILES string of the molecule is CC(N=C1NC(C)(C)CS1)c1cccc(Cl)c1. The van der Waals surface area contributed by atoms with E-state index in [4.69, 9.17) is 16.6 Å². The second-order valence-corrected chi connectivity index (χ2v) is 6.36. The van der Waals surface area contributed by atoms with E-state index in [2.05, 4.69) is 32.2 Å². The van der Waals surface area contributed by atoms with Crippen LogP contribution in [0.5, 0.6) is 0 Å². The molecule has 0 amide bonds. The third kappa shape index (κ3) is 3.39. The Labute approximate surface area is 112 Å². The molecule has 0 bridgehead atoms. The highest BCUT2D eigenvalue weighted by atomic mass is 35.5. The van der Waals surface area contributed by atoms with E-state index >= 15 is 0 Å². The molecule has 0 aliphatic carbocycles. The van der Waals surface area contributed by atoms with Gasteiger partial charge in [0.05, 0.1) is 6.04 Å². The van der Waals surface area contributed by atoms with Crippen LogP contribution in [0.4, 0.5) is 0 Å². The monoisotopic (exact) mass is 268 g/mol. The lowest BCUT2D eigenvalue weighted by molar-refractivity contribution is 0.535. The minimum absolute atomic E-state index is 0.137. The van der Waals surface area contributed by atoms with Crippen LogP contribution < -0.4 is 5.32 Å². The first kappa shape index (κ1) is 12.8. The van der Waals surface area contributed by atoms with Crippen molar-refractivity contribution in [2.24, 2.45) is 4.99 Å². The van der Waals surface area contributed by atoms with Crippen molar-refractivity contribution in [2.45, 2.75) is 32.4 Å². The highest BCUT2D eigenvalue weighted by Crippen LogP contribution is 2.26. The second-order valence-electron chi connectivity index (χ2n) is 4.96. The second kappa shape index (κ2) is 4.91. The Morgan fingerprint density at radius 1 is 1.47 bits per heavy atom. The van der Waals surface area contributed by atoms with E-state index in [1.807, 2.05) is 18.2 Å². The Balaban J connectivity index is 2.12. The molecule has 1 heterocycles. The van der Waals surface area contributed by atoms with Gasteiger partial charge in [0, 0.05) is 16.3 Å². The third-order valence-electron chi connectivity index (χ3n) is 2.66. The molecule has 92 valence electrons. The van der Waals surface area contributed by atoms with Gasteiger partial charge in [-0.05, 0) is 38.5 Å². The Hall–Kier alpha value is -0.670. The first-order valence-corrected chi connectivity index (χ1v) is 7.07. The zero-order valence-corrected chi connectivity index (χ0v) is 11.9. The molecule has 1 aromatic rings. The fourth-order valence-corrected chi connectivity index (χ4v) is 3.05. The van der Waals surface area contributed by atoms with Gasteiger partial charge in [0.25, 0.3) is 0 Å². The van der Waals surface area contributed by atoms with Crippen LogP contribution in [0.3, 0.4) is 0 Å². The normalized spacial score (nSPS) is 22.5. The number of thioether (sulfide) groups is 1. The Morgan fingerprint density at radius 2 is 2.24 bits per heavy atom. The van der Waals surface area contributed by atoms with Crippen LogP contribution in [0, 0.1) is 0 Å². The van der Waals surface area contributed by atoms with E-state index in [9.17, 15) is 0 Å². The maximum atomic E-state index is 5.98. The Morgan fingerprint density at radius 3 is 2.82 bits per heavy atom. The number of hydrogen-bond acceptors (Lipinski definition) is 2. The smallest absolute Gasteiger partial charge is 0.157 e. The predicted molar refractivity (Wildman–Crippen MR) is 77.0 cm³/mol. The van der Waals surface area contributed by atoms with E-state index in [1.54, 1.807) is 11.8 Å². The van der Waals surface area contributed by atoms with Gasteiger partial charge in [-0.1, -0.05) is 35.5 Å². The summed E-state index contributed by atoms with van der Waals surface area (Å²) in [5, 5.41) is 5.22. The van der Waals surface area contributed by atoms with Gasteiger partial charge in [0.15, 0.2) is 5.17 Å². The van der Waals surface area contributed by atoms with Crippen molar-refractivity contribution in [2.75, 3.05) is 5.75 Å². The van der Waals surface area contributed by atoms with Gasteiger partial charge in [-0.25, -0.2) is 0 Å². The lowest BCUT2D eigenvalue weighted by atomic mass is 10.1. The van der Waals surface area contributed by atoms with Crippen LogP contribution in [0.1, 0.15) is 32.4 Å². The molecular formula is C13H17ClN2S. The topological polar surface area (TPSA) is 24.4 Å². The zero-order valence-electron chi connectivity index (χ0n) is 10.3. The number of halogens is 1. The summed E-state index contributed by atoms with van der Waals surface area (Å²) in [5.41, 5.74) is 1.30. The molecule has 1 fully saturated rings. The van der Waals surface area contributed by atoms with Crippen molar-refractivity contribution < 1.29 is 0 Å². The summed E-state index contributed by atoms with van der Waals surface area (Å²) in [6, 6.07) is 8.02. The summed E-state index contributed by atoms with van der Waals surface area (Å²) >= 11 is 7.76. The van der Waals surface area contributed by atoms with Crippen LogP contribution in [0.15, 0.2) is 29.3 Å². The number of nitrogens with zero attached hydrogens (tertiary/aromatic N) is 1. The average Bonchev–Trinajstić information content (AvgIpc) is 2.58. The van der Waals surface area contributed by atoms with Crippen molar-refractivity contribution in [3.63, 3.8) is 0 Å². The van der Waals surface area contributed by atoms with Gasteiger partial charge >= 0.3 is 0 Å². The number of hydrogen-bond donors (Lipinski definition) is 1. The van der Waals surface area contributed by atoms with E-state index in [0.717, 1.165) is 21.5 Å². The summed E-state index contributed by atoms with van der Waals surface area (Å²) in [5.74, 6) is 1.06. The molecule has 0 saturated carbocycles. The van der Waals surface area contributed by atoms with Crippen molar-refractivity contribution in [3.8, 4) is 0 Å². The summed E-state index contributed by atoms with van der Waals surface area (Å²) in [4.78, 5) is 4.69. The highest BCUT2D eigenvalue weighted by molar-refractivity contribution is 8.14. The molecule has 0 aromatic heterocycles. The fraction of sp³-hybridized carbons (Fsp3) is 0.462. The van der Waals surface area contributed by atoms with Crippen LogP contribution >= 0.6 is 23.4 Å². The lowest BCUT2D eigenvalue weighted by Gasteiger charge is -2.16. The molecule has 1 aromatic carbocycles. The lowest BCUT2D eigenvalue weighted by Crippen LogP contribution is -2.37. The van der Waals surface area contributed by atoms with Gasteiger partial charge in [0.2, 0.25) is 0 Å². The molecule has 1 unspecified atom stereocenters. The van der Waals surface area contributed by atoms with E-state index in [1.165, 1.54) is 0 Å². The molecule has 0 spiro atoms. The number of benzene rings is 1. The molecular weight excluding hydrogens is 252 g/mol. The minimum atomic E-state index is 0.137. The molecule has 1 N–H and O–H groups in total. The molecule has 1 saturated heterocycles. The predicted octanol–water partition coefficient (Wildman–Crippen LogP) is 3.87. The average molecular weight is 269 g/mol. The number of rotatable bonds is 2. The van der Waals surface area contributed by atoms with E-state index < -0.39 is 0 Å². The first-order valence-electron chi connectivity index (χ1n) is 5.70. The molecule has 1 aliphatic heterocycles. The van der Waals surface area contributed by atoms with Crippen LogP contribution in [-0.2, 0) is 0 Å². The van der Waals surface area contributed by atoms with Crippen molar-refractivity contribution in [3.05, 3.63) is 34.9 Å². The maximum absolute atomic E-state index is 5.98. The first-order chi connectivity index (χ1) is 7.96. The standard InChI is InChI=1S/C13H17ClN2S/c1-9(10-5-4-6-11(14)7-10)15-12-16-13(2,3)8-17-12/h4-7,9H,8H2,1-3H3,(H,15,16). The highest BCUT2D eigenvalue weighted by Gasteiger charge is 2.27. The zero-order chi connectivity index (χ0) is 12.5. The van der Waals surface area contributed by atoms with Crippen LogP contribution in [-0.4, -0.2) is 16.5 Å². The van der Waals surface area contributed by atoms with E-state index in [0.29, 0.717) is 0 Å². The van der Waals surface area contributed by atoms with Crippen molar-refractivity contribution in [1.29, 1.82) is 0 Å². The molecule has 0 radical (unpaired) electrons. The maximum Gasteiger partial charge on any atom is 0.157 e. The van der Waals surface area contributed by atoms with Gasteiger partial charge in [-0.15, -0.1) is 0 Å². The third-order valence-corrected chi connectivity index (χ3v) is 4.24. The van der Waals surface area contributed by atoms with Crippen LogP contribution in [0.2, 0.25) is 5.02 Å². The minimum Gasteiger partial charge on any atom is -0.359 e.